The van der Waals surface area contributed by atoms with E-state index in [4.69, 9.17) is 31.0 Å². The minimum atomic E-state index is -0.0374. The van der Waals surface area contributed by atoms with Gasteiger partial charge in [-0.3, -0.25) is 0 Å². The molecule has 1 fully saturated rings. The average Bonchev–Trinajstić information content (AvgIpc) is 3.52. The minimum absolute atomic E-state index is 0.0374. The molecule has 4 aromatic rings. The summed E-state index contributed by atoms with van der Waals surface area (Å²) < 4.78 is 13.0. The van der Waals surface area contributed by atoms with Gasteiger partial charge in [0.25, 0.3) is 0 Å². The first-order chi connectivity index (χ1) is 19.6. The van der Waals surface area contributed by atoms with Gasteiger partial charge in [0.05, 0.1) is 12.9 Å². The van der Waals surface area contributed by atoms with E-state index in [-0.39, 0.29) is 12.8 Å². The molecule has 2 aliphatic heterocycles. The number of aromatic nitrogens is 4. The molecule has 2 aromatic heterocycles. The van der Waals surface area contributed by atoms with Gasteiger partial charge < -0.3 is 34.5 Å². The van der Waals surface area contributed by atoms with Crippen molar-refractivity contribution in [1.82, 2.24) is 29.7 Å². The van der Waals surface area contributed by atoms with Gasteiger partial charge in [-0.25, -0.2) is 9.78 Å². The minimum Gasteiger partial charge on any atom is -0.454 e. The predicted octanol–water partition coefficient (Wildman–Crippen LogP) is 4.11. The third-order valence-electron chi connectivity index (χ3n) is 7.04. The lowest BCUT2D eigenvalue weighted by molar-refractivity contribution is 0.174. The molecule has 0 radical (unpaired) electrons. The molecule has 0 spiro atoms. The molecule has 0 aliphatic carbocycles. The number of carbonyl (C=O) groups excluding carboxylic acids is 1. The first-order valence-corrected chi connectivity index (χ1v) is 13.8. The maximum absolute atomic E-state index is 12.4. The standard InChI is InChI=1S/C28H31ClN8O3/c1-2-30-28(38)36-11-5-10-35(12-13-36)27-33-25(31-15-19-8-9-22-23(14-19)40-18-39-22)24-26(34-27)37(17-32-24)16-20-6-3-4-7-21(20)29/h3-4,6-9,14,17H,2,5,10-13,15-16,18H2,1H3,(H,30,38)(H,31,33,34). The van der Waals surface area contributed by atoms with E-state index in [1.165, 1.54) is 0 Å². The van der Waals surface area contributed by atoms with Crippen molar-refractivity contribution in [1.29, 1.82) is 0 Å². The molecule has 40 heavy (non-hydrogen) atoms. The van der Waals surface area contributed by atoms with Gasteiger partial charge in [-0.1, -0.05) is 35.9 Å². The largest absolute Gasteiger partial charge is 0.454 e. The second-order valence-electron chi connectivity index (χ2n) is 9.71. The number of fused-ring (bicyclic) bond motifs is 2. The van der Waals surface area contributed by atoms with Gasteiger partial charge in [-0.15, -0.1) is 0 Å². The van der Waals surface area contributed by atoms with Crippen molar-refractivity contribution in [2.75, 3.05) is 49.7 Å². The molecule has 4 heterocycles. The lowest BCUT2D eigenvalue weighted by atomic mass is 10.2. The molecule has 12 heteroatoms. The summed E-state index contributed by atoms with van der Waals surface area (Å²) in [5.41, 5.74) is 3.39. The molecule has 6 rings (SSSR count). The monoisotopic (exact) mass is 562 g/mol. The number of rotatable bonds is 7. The van der Waals surface area contributed by atoms with Crippen LogP contribution in [0.5, 0.6) is 11.5 Å². The van der Waals surface area contributed by atoms with E-state index < -0.39 is 0 Å². The number of halogens is 1. The quantitative estimate of drug-likeness (QED) is 0.346. The molecule has 11 nitrogen and oxygen atoms in total. The maximum atomic E-state index is 12.4. The van der Waals surface area contributed by atoms with Crippen LogP contribution in [-0.2, 0) is 13.1 Å². The Morgan fingerprint density at radius 1 is 1.05 bits per heavy atom. The fraction of sp³-hybridized carbons (Fsp3) is 0.357. The zero-order chi connectivity index (χ0) is 27.5. The van der Waals surface area contributed by atoms with Crippen LogP contribution in [0.2, 0.25) is 5.02 Å². The van der Waals surface area contributed by atoms with E-state index >= 15 is 0 Å². The number of nitrogens with zero attached hydrogens (tertiary/aromatic N) is 6. The van der Waals surface area contributed by atoms with E-state index in [0.29, 0.717) is 67.2 Å². The van der Waals surface area contributed by atoms with Crippen molar-refractivity contribution in [2.24, 2.45) is 0 Å². The number of benzene rings is 2. The number of ether oxygens (including phenoxy) is 2. The lowest BCUT2D eigenvalue weighted by Crippen LogP contribution is -2.42. The van der Waals surface area contributed by atoms with Gasteiger partial charge in [0.2, 0.25) is 12.7 Å². The molecule has 0 atom stereocenters. The Labute approximate surface area is 237 Å². The topological polar surface area (TPSA) is 110 Å². The summed E-state index contributed by atoms with van der Waals surface area (Å²) in [6, 6.07) is 13.6. The van der Waals surface area contributed by atoms with Gasteiger partial charge in [-0.05, 0) is 42.7 Å². The van der Waals surface area contributed by atoms with Crippen LogP contribution in [0.1, 0.15) is 24.5 Å². The zero-order valence-electron chi connectivity index (χ0n) is 22.3. The van der Waals surface area contributed by atoms with Crippen molar-refractivity contribution >= 4 is 40.6 Å². The molecule has 0 bridgehead atoms. The number of amides is 2. The summed E-state index contributed by atoms with van der Waals surface area (Å²) in [4.78, 5) is 31.0. The molecule has 208 valence electrons. The molecule has 2 amide bonds. The average molecular weight is 563 g/mol. The van der Waals surface area contributed by atoms with Crippen molar-refractivity contribution in [3.63, 3.8) is 0 Å². The Morgan fingerprint density at radius 3 is 2.80 bits per heavy atom. The van der Waals surface area contributed by atoms with E-state index in [2.05, 4.69) is 20.5 Å². The Morgan fingerprint density at radius 2 is 1.93 bits per heavy atom. The summed E-state index contributed by atoms with van der Waals surface area (Å²) in [7, 11) is 0. The van der Waals surface area contributed by atoms with Crippen LogP contribution in [0.25, 0.3) is 11.2 Å². The molecule has 1 saturated heterocycles. The third-order valence-corrected chi connectivity index (χ3v) is 7.41. The van der Waals surface area contributed by atoms with Crippen LogP contribution in [0.15, 0.2) is 48.8 Å². The summed E-state index contributed by atoms with van der Waals surface area (Å²) in [6.45, 7) is 6.45. The van der Waals surface area contributed by atoms with Crippen molar-refractivity contribution in [3.8, 4) is 11.5 Å². The second-order valence-corrected chi connectivity index (χ2v) is 10.1. The number of imidazole rings is 1. The van der Waals surface area contributed by atoms with Crippen LogP contribution in [0, 0.1) is 0 Å². The number of carbonyl (C=O) groups is 1. The molecule has 2 aliphatic rings. The molecule has 2 N–H and O–H groups in total. The van der Waals surface area contributed by atoms with Crippen LogP contribution >= 0.6 is 11.6 Å². The number of hydrogen-bond acceptors (Lipinski definition) is 8. The van der Waals surface area contributed by atoms with Crippen molar-refractivity contribution in [3.05, 3.63) is 64.9 Å². The van der Waals surface area contributed by atoms with Gasteiger partial charge in [0, 0.05) is 44.3 Å². The van der Waals surface area contributed by atoms with Crippen molar-refractivity contribution in [2.45, 2.75) is 26.4 Å². The zero-order valence-corrected chi connectivity index (χ0v) is 23.0. The van der Waals surface area contributed by atoms with E-state index in [1.54, 1.807) is 6.33 Å². The summed E-state index contributed by atoms with van der Waals surface area (Å²) in [6.07, 6.45) is 2.59. The first-order valence-electron chi connectivity index (χ1n) is 13.5. The van der Waals surface area contributed by atoms with Crippen molar-refractivity contribution < 1.29 is 14.3 Å². The first kappa shape index (κ1) is 26.0. The van der Waals surface area contributed by atoms with E-state index in [0.717, 1.165) is 35.6 Å². The maximum Gasteiger partial charge on any atom is 0.317 e. The third kappa shape index (κ3) is 5.42. The number of anilines is 2. The lowest BCUT2D eigenvalue weighted by Gasteiger charge is -2.23. The normalized spacial score (nSPS) is 14.8. The fourth-order valence-electron chi connectivity index (χ4n) is 4.94. The Balaban J connectivity index is 1.31. The molecule has 0 unspecified atom stereocenters. The Hall–Kier alpha value is -4.25. The fourth-order valence-corrected chi connectivity index (χ4v) is 5.14. The molecular formula is C28H31ClN8O3. The summed E-state index contributed by atoms with van der Waals surface area (Å²) >= 11 is 6.47. The molecular weight excluding hydrogens is 532 g/mol. The molecule has 0 saturated carbocycles. The highest BCUT2D eigenvalue weighted by Crippen LogP contribution is 2.33. The summed E-state index contributed by atoms with van der Waals surface area (Å²) in [5.74, 6) is 2.72. The van der Waals surface area contributed by atoms with Crippen LogP contribution in [0.4, 0.5) is 16.6 Å². The van der Waals surface area contributed by atoms with Gasteiger partial charge in [0.1, 0.15) is 0 Å². The van der Waals surface area contributed by atoms with Crippen LogP contribution in [0.3, 0.4) is 0 Å². The van der Waals surface area contributed by atoms with Gasteiger partial charge in [0.15, 0.2) is 28.5 Å². The number of urea groups is 1. The number of nitrogens with one attached hydrogen (secondary N) is 2. The Bertz CT molecular complexity index is 1530. The highest BCUT2D eigenvalue weighted by atomic mass is 35.5. The highest BCUT2D eigenvalue weighted by molar-refractivity contribution is 6.31. The highest BCUT2D eigenvalue weighted by Gasteiger charge is 2.23. The van der Waals surface area contributed by atoms with Crippen LogP contribution in [-0.4, -0.2) is 70.0 Å². The second kappa shape index (κ2) is 11.5. The van der Waals surface area contributed by atoms with E-state index in [1.807, 2.05) is 58.9 Å². The van der Waals surface area contributed by atoms with Gasteiger partial charge in [-0.2, -0.15) is 9.97 Å². The number of hydrogen-bond donors (Lipinski definition) is 2. The van der Waals surface area contributed by atoms with Gasteiger partial charge >= 0.3 is 6.03 Å². The Kier molecular flexibility index (Phi) is 7.45. The SMILES string of the molecule is CCNC(=O)N1CCCN(c2nc(NCc3ccc4c(c3)OCO4)c3ncn(Cc4ccccc4Cl)c3n2)CC1. The smallest absolute Gasteiger partial charge is 0.317 e. The van der Waals surface area contributed by atoms with Crippen LogP contribution < -0.4 is 25.0 Å². The predicted molar refractivity (Wildman–Crippen MR) is 153 cm³/mol. The van der Waals surface area contributed by atoms with E-state index in [9.17, 15) is 4.79 Å². The summed E-state index contributed by atoms with van der Waals surface area (Å²) in [5, 5.41) is 7.06. The molecule has 2 aromatic carbocycles.